The smallest absolute Gasteiger partial charge is 0.237 e. The Balaban J connectivity index is 1.35. The van der Waals surface area contributed by atoms with Gasteiger partial charge in [0.15, 0.2) is 0 Å². The van der Waals surface area contributed by atoms with Gasteiger partial charge in [-0.2, -0.15) is 0 Å². The van der Waals surface area contributed by atoms with Gasteiger partial charge < -0.3 is 8.83 Å². The van der Waals surface area contributed by atoms with E-state index in [4.69, 9.17) is 8.83 Å². The molecule has 0 saturated carbocycles. The molecule has 6 nitrogen and oxygen atoms in total. The van der Waals surface area contributed by atoms with Crippen molar-refractivity contribution in [2.45, 2.75) is 52.9 Å². The number of allylic oxidation sites excluding steroid dienone is 3. The van der Waals surface area contributed by atoms with Gasteiger partial charge in [-0.25, -0.2) is 0 Å². The van der Waals surface area contributed by atoms with Crippen LogP contribution >= 0.6 is 0 Å². The fraction of sp³-hybridized carbons (Fsp3) is 0.222. The highest BCUT2D eigenvalue weighted by atomic mass is 16.3. The van der Waals surface area contributed by atoms with E-state index < -0.39 is 23.1 Å². The van der Waals surface area contributed by atoms with Gasteiger partial charge in [0.1, 0.15) is 11.5 Å². The molecule has 2 aromatic heterocycles. The van der Waals surface area contributed by atoms with Crippen molar-refractivity contribution in [1.29, 1.82) is 0 Å². The third kappa shape index (κ3) is 3.57. The van der Waals surface area contributed by atoms with E-state index in [0.717, 1.165) is 33.4 Å². The van der Waals surface area contributed by atoms with Crippen molar-refractivity contribution in [1.82, 2.24) is 0 Å². The Labute approximate surface area is 242 Å². The molecule has 4 aromatic rings. The highest BCUT2D eigenvalue weighted by Gasteiger charge is 2.38. The second-order valence-electron chi connectivity index (χ2n) is 11.5. The van der Waals surface area contributed by atoms with Crippen LogP contribution in [0.5, 0.6) is 0 Å². The first-order valence-corrected chi connectivity index (χ1v) is 14.2. The number of ketones is 4. The topological polar surface area (TPSA) is 94.6 Å². The molecule has 42 heavy (non-hydrogen) atoms. The minimum atomic E-state index is -0.534. The van der Waals surface area contributed by atoms with E-state index in [1.54, 1.807) is 13.8 Å². The van der Waals surface area contributed by atoms with Crippen molar-refractivity contribution in [2.24, 2.45) is 0 Å². The van der Waals surface area contributed by atoms with E-state index in [2.05, 4.69) is 12.7 Å². The van der Waals surface area contributed by atoms with Crippen molar-refractivity contribution in [3.8, 4) is 22.6 Å². The molecule has 0 radical (unpaired) electrons. The Kier molecular flexibility index (Phi) is 5.80. The maximum Gasteiger partial charge on any atom is 0.237 e. The molecule has 2 heterocycles. The molecule has 0 bridgehead atoms. The number of Topliss-reactive ketones (excluding diaryl/α,β-unsaturated/α-hetero) is 4. The average molecular weight is 557 g/mol. The van der Waals surface area contributed by atoms with E-state index in [1.807, 2.05) is 31.2 Å². The molecule has 0 unspecified atom stereocenters. The summed E-state index contributed by atoms with van der Waals surface area (Å²) in [6, 6.07) is 7.71. The third-order valence-electron chi connectivity index (χ3n) is 8.94. The van der Waals surface area contributed by atoms with Crippen molar-refractivity contribution in [3.63, 3.8) is 0 Å². The summed E-state index contributed by atoms with van der Waals surface area (Å²) in [6.07, 6.45) is 8.11. The van der Waals surface area contributed by atoms with Crippen LogP contribution in [0.25, 0.3) is 33.8 Å². The molecule has 0 saturated heterocycles. The minimum Gasteiger partial charge on any atom is -0.463 e. The number of hydrogen-bond acceptors (Lipinski definition) is 6. The van der Waals surface area contributed by atoms with Crippen LogP contribution in [0.3, 0.4) is 0 Å². The molecular weight excluding hydrogens is 528 g/mol. The fourth-order valence-electron chi connectivity index (χ4n) is 6.87. The Bertz CT molecular complexity index is 1970. The lowest BCUT2D eigenvalue weighted by Crippen LogP contribution is -2.24. The lowest BCUT2D eigenvalue weighted by atomic mass is 9.78. The molecular formula is C36H28O6. The first-order chi connectivity index (χ1) is 20.2. The molecule has 0 N–H and O–H groups in total. The quantitative estimate of drug-likeness (QED) is 0.204. The average Bonchev–Trinajstić information content (AvgIpc) is 3.56. The molecule has 0 aliphatic heterocycles. The number of benzene rings is 2. The normalized spacial score (nSPS) is 17.6. The van der Waals surface area contributed by atoms with E-state index >= 15 is 0 Å². The zero-order valence-corrected chi connectivity index (χ0v) is 23.7. The molecule has 6 heteroatoms. The van der Waals surface area contributed by atoms with Crippen LogP contribution in [0, 0.1) is 13.8 Å². The second kappa shape index (κ2) is 9.35. The van der Waals surface area contributed by atoms with Gasteiger partial charge in [0, 0.05) is 22.3 Å². The number of hydrogen-bond donors (Lipinski definition) is 0. The standard InChI is InChI=1S/C36H28O6/c1-17-7-5-9-24-22(12-14-26-30(24)34(40)32(38)28-20(4)16-42-36(26)28)18(2)8-6-10-23-21(17)11-13-25-29(23)33(39)31(37)27-19(3)15-41-35(25)27/h8,11-16H,1,5-7,9-10H2,2-4H3/b18-8+. The van der Waals surface area contributed by atoms with Gasteiger partial charge in [0.05, 0.1) is 23.7 Å². The summed E-state index contributed by atoms with van der Waals surface area (Å²) < 4.78 is 11.5. The SMILES string of the molecule is C=C1CCCc2c(ccc3c2C(=O)C(=O)c2c(C)coc2-3)/C(C)=C/CCc2c1ccc1c2C(=O)C(=O)c2c(C)coc2-1. The molecule has 0 spiro atoms. The third-order valence-corrected chi connectivity index (χ3v) is 8.94. The van der Waals surface area contributed by atoms with Crippen LogP contribution in [0.15, 0.2) is 58.3 Å². The Morgan fingerprint density at radius 2 is 1.07 bits per heavy atom. The summed E-state index contributed by atoms with van der Waals surface area (Å²) in [4.78, 5) is 53.3. The van der Waals surface area contributed by atoms with Gasteiger partial charge in [-0.05, 0) is 110 Å². The molecule has 0 atom stereocenters. The highest BCUT2D eigenvalue weighted by Crippen LogP contribution is 2.43. The summed E-state index contributed by atoms with van der Waals surface area (Å²) >= 11 is 0. The number of carbonyl (C=O) groups excluding carboxylic acids is 4. The largest absolute Gasteiger partial charge is 0.463 e. The van der Waals surface area contributed by atoms with Crippen LogP contribution in [0.1, 0.15) is 101 Å². The van der Waals surface area contributed by atoms with Crippen LogP contribution in [0.4, 0.5) is 0 Å². The summed E-state index contributed by atoms with van der Waals surface area (Å²) in [5, 5.41) is 0. The molecule has 3 aliphatic carbocycles. The number of carbonyl (C=O) groups is 4. The van der Waals surface area contributed by atoms with Crippen LogP contribution in [-0.2, 0) is 12.8 Å². The predicted molar refractivity (Wildman–Crippen MR) is 159 cm³/mol. The minimum absolute atomic E-state index is 0.347. The first kappa shape index (κ1) is 26.1. The van der Waals surface area contributed by atoms with Crippen LogP contribution < -0.4 is 0 Å². The number of furan rings is 2. The summed E-state index contributed by atoms with van der Waals surface area (Å²) in [5.41, 5.74) is 9.44. The lowest BCUT2D eigenvalue weighted by molar-refractivity contribution is 0.0813. The van der Waals surface area contributed by atoms with E-state index in [-0.39, 0.29) is 0 Å². The maximum atomic E-state index is 13.5. The van der Waals surface area contributed by atoms with Gasteiger partial charge >= 0.3 is 0 Å². The molecule has 7 rings (SSSR count). The first-order valence-electron chi connectivity index (χ1n) is 14.2. The molecule has 0 amide bonds. The maximum absolute atomic E-state index is 13.5. The number of fused-ring (bicyclic) bond motifs is 10. The predicted octanol–water partition coefficient (Wildman–Crippen LogP) is 7.97. The van der Waals surface area contributed by atoms with Crippen molar-refractivity contribution in [3.05, 3.63) is 105 Å². The Hall–Kier alpha value is -4.84. The molecule has 208 valence electrons. The van der Waals surface area contributed by atoms with E-state index in [9.17, 15) is 19.2 Å². The summed E-state index contributed by atoms with van der Waals surface area (Å²) in [7, 11) is 0. The van der Waals surface area contributed by atoms with Gasteiger partial charge in [-0.15, -0.1) is 0 Å². The van der Waals surface area contributed by atoms with Gasteiger partial charge in [0.2, 0.25) is 23.1 Å². The van der Waals surface area contributed by atoms with Crippen LogP contribution in [-0.4, -0.2) is 23.1 Å². The van der Waals surface area contributed by atoms with E-state index in [1.165, 1.54) is 12.5 Å². The van der Waals surface area contributed by atoms with Gasteiger partial charge in [0.25, 0.3) is 0 Å². The van der Waals surface area contributed by atoms with Crippen molar-refractivity contribution in [2.75, 3.05) is 0 Å². The Morgan fingerprint density at radius 3 is 1.64 bits per heavy atom. The van der Waals surface area contributed by atoms with Crippen molar-refractivity contribution < 1.29 is 28.0 Å². The van der Waals surface area contributed by atoms with Gasteiger partial charge in [-0.3, -0.25) is 19.2 Å². The fourth-order valence-corrected chi connectivity index (χ4v) is 6.87. The lowest BCUT2D eigenvalue weighted by Gasteiger charge is -2.23. The zero-order valence-electron chi connectivity index (χ0n) is 23.7. The second-order valence-corrected chi connectivity index (χ2v) is 11.5. The summed E-state index contributed by atoms with van der Waals surface area (Å²) in [5.74, 6) is -1.15. The van der Waals surface area contributed by atoms with E-state index in [0.29, 0.717) is 88.1 Å². The van der Waals surface area contributed by atoms with Crippen LogP contribution in [0.2, 0.25) is 0 Å². The highest BCUT2D eigenvalue weighted by molar-refractivity contribution is 6.54. The number of aryl methyl sites for hydroxylation is 2. The monoisotopic (exact) mass is 556 g/mol. The summed E-state index contributed by atoms with van der Waals surface area (Å²) in [6.45, 7) is 9.92. The molecule has 2 aromatic carbocycles. The zero-order chi connectivity index (χ0) is 29.4. The number of rotatable bonds is 0. The van der Waals surface area contributed by atoms with Gasteiger partial charge in [-0.1, -0.05) is 24.8 Å². The molecule has 3 aliphatic rings. The van der Waals surface area contributed by atoms with Crippen molar-refractivity contribution >= 4 is 34.3 Å². The Morgan fingerprint density at radius 1 is 0.595 bits per heavy atom. The molecule has 0 fully saturated rings.